The van der Waals surface area contributed by atoms with Gasteiger partial charge < -0.3 is 20.3 Å². The molecule has 0 aliphatic rings. The summed E-state index contributed by atoms with van der Waals surface area (Å²) in [6.45, 7) is 4.89. The van der Waals surface area contributed by atoms with Crippen molar-refractivity contribution in [2.45, 2.75) is 360 Å². The number of amides is 1. The van der Waals surface area contributed by atoms with Crippen molar-refractivity contribution in [2.24, 2.45) is 0 Å². The summed E-state index contributed by atoms with van der Waals surface area (Å²) in [4.78, 5) is 24.4. The average Bonchev–Trinajstić information content (AvgIpc) is 3.36. The van der Waals surface area contributed by atoms with E-state index in [1.54, 1.807) is 6.08 Å². The summed E-state index contributed by atoms with van der Waals surface area (Å²) in [5.74, 6) is -0.0483. The van der Waals surface area contributed by atoms with Crippen molar-refractivity contribution < 1.29 is 24.5 Å². The minimum Gasteiger partial charge on any atom is -0.466 e. The van der Waals surface area contributed by atoms with Crippen LogP contribution >= 0.6 is 0 Å². The highest BCUT2D eigenvalue weighted by molar-refractivity contribution is 5.76. The first-order valence-electron chi connectivity index (χ1n) is 31.6. The first kappa shape index (κ1) is 68.3. The highest BCUT2D eigenvalue weighted by Gasteiger charge is 2.18. The first-order valence-corrected chi connectivity index (χ1v) is 31.6. The number of carbonyl (C=O) groups is 2. The lowest BCUT2D eigenvalue weighted by Crippen LogP contribution is -2.45. The molecule has 6 heteroatoms. The number of allylic oxidation sites excluding steroid dienone is 3. The Kier molecular flexibility index (Phi) is 58.5. The van der Waals surface area contributed by atoms with E-state index in [1.165, 1.54) is 283 Å². The molecule has 2 unspecified atom stereocenters. The predicted molar refractivity (Wildman–Crippen MR) is 306 cm³/mol. The number of ether oxygens (including phenoxy) is 1. The van der Waals surface area contributed by atoms with Crippen LogP contribution in [0.1, 0.15) is 348 Å². The Morgan fingerprint density at radius 1 is 0.386 bits per heavy atom. The lowest BCUT2D eigenvalue weighted by atomic mass is 10.0. The van der Waals surface area contributed by atoms with Crippen molar-refractivity contribution in [3.05, 3.63) is 24.3 Å². The number of unbranched alkanes of at least 4 members (excludes halogenated alkanes) is 46. The lowest BCUT2D eigenvalue weighted by molar-refractivity contribution is -0.143. The maximum Gasteiger partial charge on any atom is 0.305 e. The smallest absolute Gasteiger partial charge is 0.305 e. The van der Waals surface area contributed by atoms with Crippen molar-refractivity contribution in [1.29, 1.82) is 0 Å². The van der Waals surface area contributed by atoms with E-state index >= 15 is 0 Å². The second kappa shape index (κ2) is 59.9. The molecule has 0 bridgehead atoms. The van der Waals surface area contributed by atoms with Gasteiger partial charge in [0.2, 0.25) is 5.91 Å². The molecule has 3 N–H and O–H groups in total. The highest BCUT2D eigenvalue weighted by Crippen LogP contribution is 2.18. The summed E-state index contributed by atoms with van der Waals surface area (Å²) in [6.07, 6.45) is 74.0. The average molecular weight is 987 g/mol. The van der Waals surface area contributed by atoms with Gasteiger partial charge in [0.05, 0.1) is 25.4 Å². The van der Waals surface area contributed by atoms with Crippen molar-refractivity contribution in [3.63, 3.8) is 0 Å². The van der Waals surface area contributed by atoms with Crippen LogP contribution < -0.4 is 5.32 Å². The second-order valence-corrected chi connectivity index (χ2v) is 21.7. The molecule has 0 saturated carbocycles. The minimum absolute atomic E-state index is 0.0182. The van der Waals surface area contributed by atoms with E-state index < -0.39 is 12.1 Å². The van der Waals surface area contributed by atoms with Crippen LogP contribution in [0.15, 0.2) is 24.3 Å². The zero-order valence-corrected chi connectivity index (χ0v) is 47.3. The second-order valence-electron chi connectivity index (χ2n) is 21.7. The van der Waals surface area contributed by atoms with Crippen LogP contribution in [0.4, 0.5) is 0 Å². The zero-order valence-electron chi connectivity index (χ0n) is 47.3. The molecule has 0 spiro atoms. The fourth-order valence-electron chi connectivity index (χ4n) is 9.87. The molecule has 0 fully saturated rings. The molecule has 2 atom stereocenters. The summed E-state index contributed by atoms with van der Waals surface area (Å²) < 4.78 is 5.47. The number of aliphatic hydroxyl groups is 2. The van der Waals surface area contributed by atoms with Crippen LogP contribution in [0.3, 0.4) is 0 Å². The quantitative estimate of drug-likeness (QED) is 0.0321. The Balaban J connectivity index is 3.33. The maximum absolute atomic E-state index is 12.4. The van der Waals surface area contributed by atoms with Crippen molar-refractivity contribution in [1.82, 2.24) is 5.32 Å². The molecule has 414 valence electrons. The van der Waals surface area contributed by atoms with Crippen molar-refractivity contribution >= 4 is 11.9 Å². The number of esters is 1. The Labute approximate surface area is 437 Å². The Morgan fingerprint density at radius 3 is 1.01 bits per heavy atom. The number of aliphatic hydroxyl groups excluding tert-OH is 2. The zero-order chi connectivity index (χ0) is 50.7. The molecule has 6 nitrogen and oxygen atoms in total. The molecular weight excluding hydrogens is 863 g/mol. The Hall–Kier alpha value is -1.66. The number of hydrogen-bond donors (Lipinski definition) is 3. The van der Waals surface area contributed by atoms with Gasteiger partial charge in [0.15, 0.2) is 0 Å². The third-order valence-corrected chi connectivity index (χ3v) is 14.7. The van der Waals surface area contributed by atoms with Crippen molar-refractivity contribution in [3.8, 4) is 0 Å². The predicted octanol–water partition coefficient (Wildman–Crippen LogP) is 19.8. The van der Waals surface area contributed by atoms with Crippen LogP contribution in [0.25, 0.3) is 0 Å². The van der Waals surface area contributed by atoms with Crippen LogP contribution in [-0.4, -0.2) is 47.4 Å². The highest BCUT2D eigenvalue weighted by atomic mass is 16.5. The number of hydrogen-bond acceptors (Lipinski definition) is 5. The van der Waals surface area contributed by atoms with Gasteiger partial charge in [-0.15, -0.1) is 0 Å². The van der Waals surface area contributed by atoms with Gasteiger partial charge in [-0.1, -0.05) is 301 Å². The van der Waals surface area contributed by atoms with Crippen LogP contribution in [0, 0.1) is 0 Å². The summed E-state index contributed by atoms with van der Waals surface area (Å²) in [7, 11) is 0. The lowest BCUT2D eigenvalue weighted by Gasteiger charge is -2.20. The van der Waals surface area contributed by atoms with E-state index in [4.69, 9.17) is 4.74 Å². The Bertz CT molecular complexity index is 1090. The fourth-order valence-corrected chi connectivity index (χ4v) is 9.87. The molecule has 0 aromatic carbocycles. The molecule has 0 saturated heterocycles. The topological polar surface area (TPSA) is 95.9 Å². The molecule has 0 radical (unpaired) electrons. The Morgan fingerprint density at radius 2 is 0.671 bits per heavy atom. The summed E-state index contributed by atoms with van der Waals surface area (Å²) in [5, 5.41) is 23.0. The molecule has 0 aliphatic heterocycles. The molecule has 0 heterocycles. The third-order valence-electron chi connectivity index (χ3n) is 14.7. The van der Waals surface area contributed by atoms with E-state index in [0.717, 1.165) is 38.5 Å². The molecule has 70 heavy (non-hydrogen) atoms. The van der Waals surface area contributed by atoms with Gasteiger partial charge in [-0.2, -0.15) is 0 Å². The maximum atomic E-state index is 12.4. The van der Waals surface area contributed by atoms with Gasteiger partial charge in [-0.05, 0) is 57.8 Å². The minimum atomic E-state index is -0.839. The molecule has 0 aromatic rings. The largest absolute Gasteiger partial charge is 0.466 e. The van der Waals surface area contributed by atoms with Crippen LogP contribution in [0.2, 0.25) is 0 Å². The van der Waals surface area contributed by atoms with E-state index in [9.17, 15) is 19.8 Å². The van der Waals surface area contributed by atoms with Gasteiger partial charge >= 0.3 is 5.97 Å². The SMILES string of the molecule is CCCCCCCCC/C=C/C(O)C(CO)NC(=O)CCCCCCCCCCCCCCCCCCC/C=C\CCCCCCCCCCCCCCOC(=O)CCCCCCCCCCCCC. The molecule has 1 amide bonds. The standard InChI is InChI=1S/C64H123NO5/c1-3-5-7-9-11-13-37-42-46-50-54-58-64(69)70-59-55-51-47-43-39-36-34-32-30-28-26-24-22-20-18-16-14-15-17-19-21-23-25-27-29-31-33-35-38-41-45-49-53-57-63(68)65-61(60-66)62(67)56-52-48-44-40-12-10-8-6-4-2/h18,20,52,56,61-62,66-67H,3-17,19,21-51,53-55,57-60H2,1-2H3,(H,65,68)/b20-18-,56-52+. The van der Waals surface area contributed by atoms with E-state index in [2.05, 4.69) is 31.3 Å². The van der Waals surface area contributed by atoms with Gasteiger partial charge in [0.25, 0.3) is 0 Å². The van der Waals surface area contributed by atoms with Crippen LogP contribution in [0.5, 0.6) is 0 Å². The normalized spacial score (nSPS) is 12.7. The molecular formula is C64H123NO5. The first-order chi connectivity index (χ1) is 34.5. The summed E-state index contributed by atoms with van der Waals surface area (Å²) >= 11 is 0. The third kappa shape index (κ3) is 55.7. The summed E-state index contributed by atoms with van der Waals surface area (Å²) in [6, 6.07) is -0.622. The van der Waals surface area contributed by atoms with Gasteiger partial charge in [-0.3, -0.25) is 9.59 Å². The molecule has 0 aromatic heterocycles. The monoisotopic (exact) mass is 986 g/mol. The van der Waals surface area contributed by atoms with Gasteiger partial charge in [0.1, 0.15) is 0 Å². The van der Waals surface area contributed by atoms with E-state index in [1.807, 2.05) is 6.08 Å². The number of nitrogens with one attached hydrogen (secondary N) is 1. The molecule has 0 rings (SSSR count). The fraction of sp³-hybridized carbons (Fsp3) is 0.906. The van der Waals surface area contributed by atoms with Crippen LogP contribution in [-0.2, 0) is 14.3 Å². The summed E-state index contributed by atoms with van der Waals surface area (Å²) in [5.41, 5.74) is 0. The molecule has 0 aliphatic carbocycles. The van der Waals surface area contributed by atoms with Crippen molar-refractivity contribution in [2.75, 3.05) is 13.2 Å². The number of carbonyl (C=O) groups excluding carboxylic acids is 2. The van der Waals surface area contributed by atoms with E-state index in [0.29, 0.717) is 19.4 Å². The number of rotatable bonds is 59. The van der Waals surface area contributed by atoms with E-state index in [-0.39, 0.29) is 18.5 Å². The van der Waals surface area contributed by atoms with Gasteiger partial charge in [-0.25, -0.2) is 0 Å². The van der Waals surface area contributed by atoms with Gasteiger partial charge in [0, 0.05) is 12.8 Å².